The molecule has 0 aliphatic carbocycles. The summed E-state index contributed by atoms with van der Waals surface area (Å²) in [6.07, 6.45) is 4.06. The summed E-state index contributed by atoms with van der Waals surface area (Å²) in [5.74, 6) is -13.7. The molecule has 12 atom stereocenters. The number of carboxylic acids is 12. The zero-order valence-electron chi connectivity index (χ0n) is 55.9. The van der Waals surface area contributed by atoms with Crippen LogP contribution in [0.25, 0.3) is 0 Å². The van der Waals surface area contributed by atoms with Gasteiger partial charge in [0.25, 0.3) is 0 Å². The second-order valence-corrected chi connectivity index (χ2v) is 20.8. The summed E-state index contributed by atoms with van der Waals surface area (Å²) in [6.45, 7) is 12.1. The third kappa shape index (κ3) is 80.9. The number of benzene rings is 1. The zero-order chi connectivity index (χ0) is 79.3. The molecule has 0 bridgehead atoms. The van der Waals surface area contributed by atoms with Gasteiger partial charge in [0.1, 0.15) is 60.4 Å². The van der Waals surface area contributed by atoms with Crippen molar-refractivity contribution in [1.29, 1.82) is 0 Å². The van der Waals surface area contributed by atoms with Crippen LogP contribution in [0, 0.1) is 17.8 Å². The van der Waals surface area contributed by atoms with Gasteiger partial charge in [0, 0.05) is 19.4 Å². The van der Waals surface area contributed by atoms with Crippen LogP contribution in [0.2, 0.25) is 0 Å². The summed E-state index contributed by atoms with van der Waals surface area (Å²) in [5.41, 5.74) is 76.9. The quantitative estimate of drug-likeness (QED) is 0.0171. The number of carbonyl (C=O) groups is 14. The summed E-state index contributed by atoms with van der Waals surface area (Å²) in [7, 11) is 0. The molecular weight excluding hydrogens is 1310 g/mol. The number of carbonyl (C=O) groups excluding carboxylic acids is 2. The largest absolute Gasteiger partial charge is 0.481 e. The topological polar surface area (TPSA) is 884 Å². The van der Waals surface area contributed by atoms with Crippen LogP contribution in [0.5, 0.6) is 0 Å². The summed E-state index contributed by atoms with van der Waals surface area (Å²) >= 11 is 0. The van der Waals surface area contributed by atoms with Crippen molar-refractivity contribution in [2.75, 3.05) is 13.1 Å². The third-order valence-corrected chi connectivity index (χ3v) is 11.7. The van der Waals surface area contributed by atoms with Crippen LogP contribution in [0.15, 0.2) is 35.3 Å². The van der Waals surface area contributed by atoms with Crippen LogP contribution in [-0.2, 0) is 73.5 Å². The van der Waals surface area contributed by atoms with E-state index in [1.807, 2.05) is 58.0 Å². The van der Waals surface area contributed by atoms with Crippen LogP contribution in [-0.4, -0.2) is 224 Å². The van der Waals surface area contributed by atoms with Gasteiger partial charge >= 0.3 is 71.6 Å². The van der Waals surface area contributed by atoms with Crippen LogP contribution < -0.4 is 86.0 Å². The molecular formula is C56H110N16O26. The Kier molecular flexibility index (Phi) is 72.6. The molecule has 0 aliphatic rings. The zero-order valence-corrected chi connectivity index (χ0v) is 55.9. The molecule has 0 heterocycles. The summed E-state index contributed by atoms with van der Waals surface area (Å²) in [6, 6.07) is 0.449. The first-order valence-electron chi connectivity index (χ1n) is 29.4. The fraction of sp³-hybridized carbons (Fsp3) is 0.625. The maximum Gasteiger partial charge on any atom is 0.321 e. The SMILES string of the molecule is CC(C)[C@H](N)C(=O)O.CC[C@H](C)[C@H](N)C(=O)O.CC[C@H](C)[C@H](N)C(=O)O.NC(=O)C[C@H](N)C(=O)O.NC(=O)C[C@H](N)C(=O)O.NC(N)=NCCC[C@H](N)C(=O)O.NCCCC[C@H](N)C(=O)O.N[C@@H](CCC(=O)O)C(=O)O.N[C@@H](CCC(=O)O)C(=O)O.N[C@@H](Cc1ccccc1)C(=O)O. The molecule has 0 saturated heterocycles. The van der Waals surface area contributed by atoms with Gasteiger partial charge in [-0.15, -0.1) is 0 Å². The molecule has 0 saturated carbocycles. The Labute approximate surface area is 566 Å². The molecule has 1 aromatic rings. The number of unbranched alkanes of at least 4 members (excludes halogenated alkanes) is 1. The number of guanidine groups is 1. The molecule has 42 nitrogen and oxygen atoms in total. The van der Waals surface area contributed by atoms with Crippen LogP contribution in [0.1, 0.15) is 131 Å². The van der Waals surface area contributed by atoms with Gasteiger partial charge in [0.2, 0.25) is 11.8 Å². The Morgan fingerprint density at radius 1 is 0.378 bits per heavy atom. The molecule has 42 N–H and O–H groups in total. The molecule has 1 aromatic carbocycles. The smallest absolute Gasteiger partial charge is 0.321 e. The van der Waals surface area contributed by atoms with Crippen molar-refractivity contribution in [3.05, 3.63) is 35.9 Å². The van der Waals surface area contributed by atoms with Gasteiger partial charge in [-0.2, -0.15) is 0 Å². The van der Waals surface area contributed by atoms with E-state index in [0.29, 0.717) is 38.8 Å². The number of carboxylic acid groups (broad SMARTS) is 12. The average molecular weight is 1420 g/mol. The lowest BCUT2D eigenvalue weighted by molar-refractivity contribution is -0.141. The van der Waals surface area contributed by atoms with Gasteiger partial charge in [0.15, 0.2) is 5.96 Å². The normalized spacial score (nSPS) is 13.4. The van der Waals surface area contributed by atoms with Crippen molar-refractivity contribution in [2.24, 2.45) is 109 Å². The van der Waals surface area contributed by atoms with Crippen molar-refractivity contribution in [3.8, 4) is 0 Å². The maximum absolute atomic E-state index is 10.4. The Bertz CT molecular complexity index is 2390. The highest BCUT2D eigenvalue weighted by molar-refractivity contribution is 5.84. The van der Waals surface area contributed by atoms with Gasteiger partial charge < -0.3 is 147 Å². The van der Waals surface area contributed by atoms with E-state index in [0.717, 1.165) is 31.2 Å². The fourth-order valence-electron chi connectivity index (χ4n) is 4.92. The fourth-order valence-corrected chi connectivity index (χ4v) is 4.92. The number of nitrogens with zero attached hydrogens (tertiary/aromatic N) is 1. The number of amides is 2. The van der Waals surface area contributed by atoms with Crippen LogP contribution in [0.4, 0.5) is 0 Å². The van der Waals surface area contributed by atoms with Crippen molar-refractivity contribution >= 4 is 89.4 Å². The molecule has 98 heavy (non-hydrogen) atoms. The number of aliphatic imine (C=N–C) groups is 1. The van der Waals surface area contributed by atoms with Crippen LogP contribution >= 0.6 is 0 Å². The van der Waals surface area contributed by atoms with Crippen molar-refractivity contribution < 1.29 is 128 Å². The maximum atomic E-state index is 10.4. The van der Waals surface area contributed by atoms with E-state index in [2.05, 4.69) is 16.5 Å². The lowest BCUT2D eigenvalue weighted by atomic mass is 10.0. The summed E-state index contributed by atoms with van der Waals surface area (Å²) in [4.78, 5) is 144. The number of hydrogen-bond acceptors (Lipinski definition) is 26. The highest BCUT2D eigenvalue weighted by Crippen LogP contribution is 2.06. The standard InChI is InChI=1S/C9H11NO2.C6H14N4O2.C6H14N2O2.2C6H13NO2.2C5H9NO4.C5H11NO2.2C4H8N2O3/c10-8(9(11)12)6-7-4-2-1-3-5-7;7-4(5(11)12)2-1-3-10-6(8)9;7-4-2-1-3-5(8)6(9)10;2*1-3-4(2)5(7)6(8)9;2*6-3(5(9)10)1-2-4(7)8;1-3(2)4(6)5(7)8;2*5-2(4(8)9)1-3(6)7/h1-5,8H,6,10H2,(H,11,12);4H,1-3,7H2,(H,11,12)(H4,8,9,10);5H,1-4,7-8H2,(H,9,10);2*4-5H,3,7H2,1-2H3,(H,8,9);2*3H,1-2,6H2,(H,7,8)(H,9,10);3-4H,6H2,1-2H3,(H,7,8);2*2H,1,5H2,(H2,6,7)(H,8,9)/t8-;4-;5-;2*4-,5-;2*3-;4-;2*2-/m0000000000/s1. The number of primary amides is 2. The Hall–Kier alpha value is -9.37. The van der Waals surface area contributed by atoms with Crippen molar-refractivity contribution in [2.45, 2.75) is 192 Å². The van der Waals surface area contributed by atoms with E-state index in [9.17, 15) is 67.1 Å². The van der Waals surface area contributed by atoms with E-state index < -0.39 is 144 Å². The molecule has 2 amide bonds. The molecule has 0 aliphatic heterocycles. The number of nitrogens with two attached hydrogens (primary N) is 15. The summed E-state index contributed by atoms with van der Waals surface area (Å²) in [5, 5.41) is 98.9. The third-order valence-electron chi connectivity index (χ3n) is 11.7. The predicted molar refractivity (Wildman–Crippen MR) is 354 cm³/mol. The van der Waals surface area contributed by atoms with Gasteiger partial charge in [-0.1, -0.05) is 91.1 Å². The van der Waals surface area contributed by atoms with Gasteiger partial charge in [0.05, 0.1) is 12.8 Å². The predicted octanol–water partition coefficient (Wildman–Crippen LogP) is -5.36. The highest BCUT2D eigenvalue weighted by Gasteiger charge is 2.20. The molecule has 1 rings (SSSR count). The number of aliphatic carboxylic acids is 12. The minimum atomic E-state index is -1.21. The number of rotatable bonds is 35. The van der Waals surface area contributed by atoms with E-state index in [1.165, 1.54) is 0 Å². The monoisotopic (exact) mass is 1420 g/mol. The van der Waals surface area contributed by atoms with E-state index >= 15 is 0 Å². The minimum Gasteiger partial charge on any atom is -0.481 e. The van der Waals surface area contributed by atoms with Crippen molar-refractivity contribution in [3.63, 3.8) is 0 Å². The van der Waals surface area contributed by atoms with Gasteiger partial charge in [-0.25, -0.2) is 0 Å². The average Bonchev–Trinajstić information content (AvgIpc) is 1.49. The Balaban J connectivity index is -0.000000129. The lowest BCUT2D eigenvalue weighted by Gasteiger charge is -2.11. The second kappa shape index (κ2) is 66.3. The first-order chi connectivity index (χ1) is 44.8. The molecule has 0 radical (unpaired) electrons. The van der Waals surface area contributed by atoms with E-state index in [1.54, 1.807) is 13.8 Å². The van der Waals surface area contributed by atoms with Crippen LogP contribution in [0.3, 0.4) is 0 Å². The highest BCUT2D eigenvalue weighted by atomic mass is 16.4. The second-order valence-electron chi connectivity index (χ2n) is 20.8. The van der Waals surface area contributed by atoms with E-state index in [-0.39, 0.29) is 62.2 Å². The first-order valence-corrected chi connectivity index (χ1v) is 29.4. The molecule has 0 spiro atoms. The lowest BCUT2D eigenvalue weighted by Crippen LogP contribution is -2.36. The molecule has 0 unspecified atom stereocenters. The Morgan fingerprint density at radius 2 is 0.663 bits per heavy atom. The van der Waals surface area contributed by atoms with Crippen molar-refractivity contribution in [1.82, 2.24) is 0 Å². The first kappa shape index (κ1) is 107. The van der Waals surface area contributed by atoms with E-state index in [4.69, 9.17) is 136 Å². The number of hydrogen-bond donors (Lipinski definition) is 27. The van der Waals surface area contributed by atoms with Gasteiger partial charge in [-0.3, -0.25) is 72.1 Å². The minimum absolute atomic E-state index is 0.0129. The molecule has 42 heteroatoms. The summed E-state index contributed by atoms with van der Waals surface area (Å²) < 4.78 is 0. The van der Waals surface area contributed by atoms with Gasteiger partial charge in [-0.05, 0) is 74.8 Å². The Morgan fingerprint density at radius 3 is 0.857 bits per heavy atom. The molecule has 0 aromatic heterocycles. The molecule has 0 fully saturated rings. The molecule has 570 valence electrons.